The standard InChI is InChI=1S/C25H34N2O4S/c1-19(2)17-23(20-11-7-6-8-12-20)26-32(29,30)21-13-14-24(31-3)22(18-21)25(28)27-15-9-4-5-10-16-27/h6-8,11-14,18-19,23,26H,4-5,9-10,15-17H2,1-3H3. The second-order valence-electron chi connectivity index (χ2n) is 8.78. The predicted molar refractivity (Wildman–Crippen MR) is 126 cm³/mol. The Labute approximate surface area is 192 Å². The Kier molecular flexibility index (Phi) is 8.32. The monoisotopic (exact) mass is 458 g/mol. The Morgan fingerprint density at radius 1 is 1.03 bits per heavy atom. The molecule has 2 aromatic rings. The zero-order valence-corrected chi connectivity index (χ0v) is 20.0. The Balaban J connectivity index is 1.91. The third-order valence-electron chi connectivity index (χ3n) is 5.81. The molecule has 1 heterocycles. The van der Waals surface area contributed by atoms with E-state index in [0.717, 1.165) is 31.2 Å². The van der Waals surface area contributed by atoms with Crippen molar-refractivity contribution in [2.24, 2.45) is 5.92 Å². The van der Waals surface area contributed by atoms with E-state index in [0.29, 0.717) is 31.2 Å². The van der Waals surface area contributed by atoms with E-state index in [1.165, 1.54) is 19.2 Å². The molecular weight excluding hydrogens is 424 g/mol. The van der Waals surface area contributed by atoms with Gasteiger partial charge < -0.3 is 9.64 Å². The van der Waals surface area contributed by atoms with Crippen molar-refractivity contribution in [1.29, 1.82) is 0 Å². The molecule has 1 aliphatic rings. The number of carbonyl (C=O) groups is 1. The summed E-state index contributed by atoms with van der Waals surface area (Å²) < 4.78 is 34.9. The molecule has 2 aromatic carbocycles. The quantitative estimate of drug-likeness (QED) is 0.618. The first-order valence-electron chi connectivity index (χ1n) is 11.4. The zero-order chi connectivity index (χ0) is 23.1. The van der Waals surface area contributed by atoms with Gasteiger partial charge in [-0.25, -0.2) is 13.1 Å². The van der Waals surface area contributed by atoms with Crippen LogP contribution in [0.3, 0.4) is 0 Å². The molecule has 1 N–H and O–H groups in total. The molecule has 1 saturated heterocycles. The van der Waals surface area contributed by atoms with Crippen LogP contribution in [0.2, 0.25) is 0 Å². The van der Waals surface area contributed by atoms with Crippen LogP contribution in [-0.4, -0.2) is 39.4 Å². The van der Waals surface area contributed by atoms with E-state index in [2.05, 4.69) is 18.6 Å². The van der Waals surface area contributed by atoms with Crippen molar-refractivity contribution in [3.63, 3.8) is 0 Å². The Morgan fingerprint density at radius 2 is 1.69 bits per heavy atom. The first-order valence-corrected chi connectivity index (χ1v) is 12.8. The van der Waals surface area contributed by atoms with E-state index in [4.69, 9.17) is 4.74 Å². The van der Waals surface area contributed by atoms with E-state index in [-0.39, 0.29) is 22.4 Å². The molecule has 1 unspecified atom stereocenters. The third-order valence-corrected chi connectivity index (χ3v) is 7.28. The number of hydrogen-bond acceptors (Lipinski definition) is 4. The number of sulfonamides is 1. The number of nitrogens with one attached hydrogen (secondary N) is 1. The molecule has 0 radical (unpaired) electrons. The fraction of sp³-hybridized carbons (Fsp3) is 0.480. The van der Waals surface area contributed by atoms with Crippen LogP contribution in [0, 0.1) is 5.92 Å². The largest absolute Gasteiger partial charge is 0.496 e. The average molecular weight is 459 g/mol. The van der Waals surface area contributed by atoms with Crippen LogP contribution in [0.15, 0.2) is 53.4 Å². The van der Waals surface area contributed by atoms with Gasteiger partial charge in [0.15, 0.2) is 0 Å². The predicted octanol–water partition coefficient (Wildman–Crippen LogP) is 4.78. The second kappa shape index (κ2) is 11.0. The number of ether oxygens (including phenoxy) is 1. The van der Waals surface area contributed by atoms with E-state index in [1.54, 1.807) is 11.0 Å². The Morgan fingerprint density at radius 3 is 2.28 bits per heavy atom. The zero-order valence-electron chi connectivity index (χ0n) is 19.2. The summed E-state index contributed by atoms with van der Waals surface area (Å²) in [6.45, 7) is 5.49. The maximum atomic E-state index is 13.3. The molecule has 1 aliphatic heterocycles. The molecule has 1 atom stereocenters. The number of nitrogens with zero attached hydrogens (tertiary/aromatic N) is 1. The third kappa shape index (κ3) is 6.11. The number of methoxy groups -OCH3 is 1. The molecule has 7 heteroatoms. The topological polar surface area (TPSA) is 75.7 Å². The number of likely N-dealkylation sites (tertiary alicyclic amines) is 1. The Bertz CT molecular complexity index is 998. The minimum Gasteiger partial charge on any atom is -0.496 e. The van der Waals surface area contributed by atoms with Crippen LogP contribution >= 0.6 is 0 Å². The van der Waals surface area contributed by atoms with E-state index < -0.39 is 10.0 Å². The summed E-state index contributed by atoms with van der Waals surface area (Å²) in [5.41, 5.74) is 1.21. The van der Waals surface area contributed by atoms with Gasteiger partial charge in [-0.05, 0) is 48.9 Å². The lowest BCUT2D eigenvalue weighted by molar-refractivity contribution is 0.0758. The lowest BCUT2D eigenvalue weighted by Crippen LogP contribution is -2.33. The summed E-state index contributed by atoms with van der Waals surface area (Å²) in [6, 6.07) is 13.7. The summed E-state index contributed by atoms with van der Waals surface area (Å²) in [7, 11) is -2.35. The van der Waals surface area contributed by atoms with Crippen molar-refractivity contribution in [2.75, 3.05) is 20.2 Å². The van der Waals surface area contributed by atoms with Gasteiger partial charge in [0.2, 0.25) is 10.0 Å². The molecule has 1 amide bonds. The van der Waals surface area contributed by atoms with Crippen molar-refractivity contribution in [1.82, 2.24) is 9.62 Å². The second-order valence-corrected chi connectivity index (χ2v) is 10.5. The van der Waals surface area contributed by atoms with Crippen LogP contribution in [0.5, 0.6) is 5.75 Å². The van der Waals surface area contributed by atoms with Crippen LogP contribution in [0.25, 0.3) is 0 Å². The van der Waals surface area contributed by atoms with Gasteiger partial charge in [-0.3, -0.25) is 4.79 Å². The minimum atomic E-state index is -3.85. The molecule has 0 saturated carbocycles. The van der Waals surface area contributed by atoms with Crippen LogP contribution in [0.1, 0.15) is 67.9 Å². The molecule has 32 heavy (non-hydrogen) atoms. The fourth-order valence-electron chi connectivity index (χ4n) is 4.13. The molecule has 0 spiro atoms. The summed E-state index contributed by atoms with van der Waals surface area (Å²) in [4.78, 5) is 15.1. The maximum Gasteiger partial charge on any atom is 0.257 e. The van der Waals surface area contributed by atoms with Crippen LogP contribution in [0.4, 0.5) is 0 Å². The SMILES string of the molecule is COc1ccc(S(=O)(=O)NC(CC(C)C)c2ccccc2)cc1C(=O)N1CCCCCC1. The van der Waals surface area contributed by atoms with Crippen LogP contribution in [-0.2, 0) is 10.0 Å². The summed E-state index contributed by atoms with van der Waals surface area (Å²) >= 11 is 0. The van der Waals surface area contributed by atoms with Gasteiger partial charge in [0, 0.05) is 19.1 Å². The highest BCUT2D eigenvalue weighted by atomic mass is 32.2. The molecule has 6 nitrogen and oxygen atoms in total. The maximum absolute atomic E-state index is 13.3. The number of rotatable bonds is 8. The molecule has 3 rings (SSSR count). The van der Waals surface area contributed by atoms with Crippen molar-refractivity contribution in [3.8, 4) is 5.75 Å². The van der Waals surface area contributed by atoms with Gasteiger partial charge >= 0.3 is 0 Å². The van der Waals surface area contributed by atoms with Gasteiger partial charge in [-0.2, -0.15) is 0 Å². The summed E-state index contributed by atoms with van der Waals surface area (Å²) in [5, 5.41) is 0. The van der Waals surface area contributed by atoms with Crippen molar-refractivity contribution in [2.45, 2.75) is 56.9 Å². The average Bonchev–Trinajstić information content (AvgIpc) is 3.07. The number of benzene rings is 2. The number of carbonyl (C=O) groups excluding carboxylic acids is 1. The first-order chi connectivity index (χ1) is 15.3. The van der Waals surface area contributed by atoms with E-state index >= 15 is 0 Å². The van der Waals surface area contributed by atoms with Gasteiger partial charge in [0.25, 0.3) is 5.91 Å². The molecule has 0 aliphatic carbocycles. The highest BCUT2D eigenvalue weighted by Gasteiger charge is 2.26. The highest BCUT2D eigenvalue weighted by molar-refractivity contribution is 7.89. The molecule has 174 valence electrons. The smallest absolute Gasteiger partial charge is 0.257 e. The van der Waals surface area contributed by atoms with Gasteiger partial charge in [0.05, 0.1) is 17.6 Å². The molecular formula is C25H34N2O4S. The molecule has 1 fully saturated rings. The minimum absolute atomic E-state index is 0.0705. The lowest BCUT2D eigenvalue weighted by atomic mass is 9.98. The molecule has 0 bridgehead atoms. The summed E-state index contributed by atoms with van der Waals surface area (Å²) in [5.74, 6) is 0.515. The van der Waals surface area contributed by atoms with Crippen molar-refractivity contribution < 1.29 is 17.9 Å². The van der Waals surface area contributed by atoms with Gasteiger partial charge in [0.1, 0.15) is 5.75 Å². The first kappa shape index (κ1) is 24.3. The van der Waals surface area contributed by atoms with E-state index in [1.807, 2.05) is 30.3 Å². The van der Waals surface area contributed by atoms with Crippen LogP contribution < -0.4 is 9.46 Å². The lowest BCUT2D eigenvalue weighted by Gasteiger charge is -2.23. The highest BCUT2D eigenvalue weighted by Crippen LogP contribution is 2.28. The Hall–Kier alpha value is -2.38. The fourth-order valence-corrected chi connectivity index (χ4v) is 5.39. The van der Waals surface area contributed by atoms with Gasteiger partial charge in [-0.1, -0.05) is 57.0 Å². The normalized spacial score (nSPS) is 15.9. The van der Waals surface area contributed by atoms with E-state index in [9.17, 15) is 13.2 Å². The molecule has 0 aromatic heterocycles. The van der Waals surface area contributed by atoms with Gasteiger partial charge in [-0.15, -0.1) is 0 Å². The number of hydrogen-bond donors (Lipinski definition) is 1. The number of amides is 1. The van der Waals surface area contributed by atoms with Crippen molar-refractivity contribution >= 4 is 15.9 Å². The van der Waals surface area contributed by atoms with Crippen molar-refractivity contribution in [3.05, 3.63) is 59.7 Å². The summed E-state index contributed by atoms with van der Waals surface area (Å²) in [6.07, 6.45) is 4.80.